The third-order valence-electron chi connectivity index (χ3n) is 7.64. The van der Waals surface area contributed by atoms with Gasteiger partial charge in [-0.1, -0.05) is 33.4 Å². The fourth-order valence-corrected chi connectivity index (χ4v) is 5.74. The summed E-state index contributed by atoms with van der Waals surface area (Å²) >= 11 is 0. The summed E-state index contributed by atoms with van der Waals surface area (Å²) in [6, 6.07) is 0. The number of fused-ring (bicyclic) bond motifs is 2. The molecule has 0 amide bonds. The monoisotopic (exact) mass is 402 g/mol. The summed E-state index contributed by atoms with van der Waals surface area (Å²) in [5.41, 5.74) is -2.03. The first kappa shape index (κ1) is 21.5. The van der Waals surface area contributed by atoms with Gasteiger partial charge >= 0.3 is 11.9 Å². The Morgan fingerprint density at radius 1 is 1.28 bits per heavy atom. The molecule has 0 N–H and O–H groups in total. The van der Waals surface area contributed by atoms with Gasteiger partial charge in [-0.15, -0.1) is 0 Å². The van der Waals surface area contributed by atoms with Crippen molar-refractivity contribution in [2.45, 2.75) is 59.0 Å². The van der Waals surface area contributed by atoms with Gasteiger partial charge in [-0.25, -0.2) is 0 Å². The van der Waals surface area contributed by atoms with Crippen molar-refractivity contribution < 1.29 is 28.7 Å². The fourth-order valence-electron chi connectivity index (χ4n) is 5.74. The molecule has 0 heterocycles. The van der Waals surface area contributed by atoms with Crippen molar-refractivity contribution in [3.05, 3.63) is 24.3 Å². The molecule has 0 saturated heterocycles. The first-order chi connectivity index (χ1) is 13.4. The zero-order valence-corrected chi connectivity index (χ0v) is 17.9. The van der Waals surface area contributed by atoms with Gasteiger partial charge in [0.15, 0.2) is 5.78 Å². The van der Waals surface area contributed by atoms with E-state index in [1.54, 1.807) is 0 Å². The highest BCUT2D eigenvalue weighted by molar-refractivity contribution is 6.00. The van der Waals surface area contributed by atoms with Gasteiger partial charge in [0.25, 0.3) is 0 Å². The number of hydrogen-bond donors (Lipinski definition) is 0. The van der Waals surface area contributed by atoms with E-state index in [1.165, 1.54) is 20.1 Å². The average Bonchev–Trinajstić information content (AvgIpc) is 2.87. The van der Waals surface area contributed by atoms with Crippen LogP contribution in [0.3, 0.4) is 0 Å². The van der Waals surface area contributed by atoms with Gasteiger partial charge in [0.1, 0.15) is 11.4 Å². The first-order valence-electron chi connectivity index (χ1n) is 10.1. The minimum atomic E-state index is -1.15. The summed E-state index contributed by atoms with van der Waals surface area (Å²) in [6.07, 6.45) is 4.30. The van der Waals surface area contributed by atoms with Crippen LogP contribution in [0, 0.1) is 28.6 Å². The third-order valence-corrected chi connectivity index (χ3v) is 7.64. The van der Waals surface area contributed by atoms with Crippen LogP contribution in [0.2, 0.25) is 0 Å². The maximum absolute atomic E-state index is 13.3. The van der Waals surface area contributed by atoms with E-state index in [9.17, 15) is 19.2 Å². The van der Waals surface area contributed by atoms with Crippen molar-refractivity contribution in [2.75, 3.05) is 7.11 Å². The third kappa shape index (κ3) is 3.08. The molecule has 6 heteroatoms. The number of carbonyl (C=O) groups excluding carboxylic acids is 4. The van der Waals surface area contributed by atoms with Crippen LogP contribution in [-0.2, 0) is 28.7 Å². The zero-order valence-electron chi connectivity index (χ0n) is 17.9. The van der Waals surface area contributed by atoms with Crippen molar-refractivity contribution >= 4 is 23.5 Å². The molecule has 0 spiro atoms. The number of Topliss-reactive ketones (excluding diaryl/α,β-unsaturated/α-hetero) is 1. The molecule has 0 aromatic heterocycles. The summed E-state index contributed by atoms with van der Waals surface area (Å²) < 4.78 is 10.8. The molecule has 158 valence electrons. The number of methoxy groups -OCH3 is 1. The first-order valence-corrected chi connectivity index (χ1v) is 10.1. The lowest BCUT2D eigenvalue weighted by Gasteiger charge is -2.49. The molecule has 3 aliphatic carbocycles. The molecule has 0 aromatic carbocycles. The summed E-state index contributed by atoms with van der Waals surface area (Å²) in [5, 5.41) is 0. The van der Waals surface area contributed by atoms with Gasteiger partial charge in [0.05, 0.1) is 18.4 Å². The van der Waals surface area contributed by atoms with Gasteiger partial charge in [-0.05, 0) is 35.8 Å². The molecular weight excluding hydrogens is 372 g/mol. The van der Waals surface area contributed by atoms with Gasteiger partial charge < -0.3 is 9.47 Å². The molecule has 5 atom stereocenters. The number of ketones is 2. The normalized spacial score (nSPS) is 36.7. The van der Waals surface area contributed by atoms with Gasteiger partial charge in [-0.2, -0.15) is 0 Å². The Labute approximate surface area is 171 Å². The summed E-state index contributed by atoms with van der Waals surface area (Å²) in [4.78, 5) is 51.3. The summed E-state index contributed by atoms with van der Waals surface area (Å²) in [5.74, 6) is -2.90. The Hall–Kier alpha value is -2.24. The van der Waals surface area contributed by atoms with Crippen molar-refractivity contribution in [2.24, 2.45) is 28.6 Å². The van der Waals surface area contributed by atoms with E-state index < -0.39 is 40.2 Å². The van der Waals surface area contributed by atoms with E-state index in [1.807, 2.05) is 26.8 Å². The zero-order chi connectivity index (χ0) is 21.8. The van der Waals surface area contributed by atoms with Crippen molar-refractivity contribution in [3.8, 4) is 0 Å². The highest BCUT2D eigenvalue weighted by Crippen LogP contribution is 2.63. The van der Waals surface area contributed by atoms with Crippen molar-refractivity contribution in [1.82, 2.24) is 0 Å². The molecule has 0 unspecified atom stereocenters. The summed E-state index contributed by atoms with van der Waals surface area (Å²) in [6.45, 7) is 11.3. The Morgan fingerprint density at radius 2 is 1.93 bits per heavy atom. The highest BCUT2D eigenvalue weighted by Gasteiger charge is 2.67. The lowest BCUT2D eigenvalue weighted by molar-refractivity contribution is -0.172. The maximum atomic E-state index is 13.3. The van der Waals surface area contributed by atoms with Crippen molar-refractivity contribution in [3.63, 3.8) is 0 Å². The second-order valence-electron chi connectivity index (χ2n) is 9.47. The Bertz CT molecular complexity index is 821. The van der Waals surface area contributed by atoms with Crippen LogP contribution in [0.5, 0.6) is 0 Å². The van der Waals surface area contributed by atoms with E-state index in [0.717, 1.165) is 0 Å². The largest absolute Gasteiger partial charge is 0.469 e. The lowest BCUT2D eigenvalue weighted by Crippen LogP contribution is -2.55. The van der Waals surface area contributed by atoms with Crippen LogP contribution in [0.15, 0.2) is 24.3 Å². The van der Waals surface area contributed by atoms with Crippen LogP contribution >= 0.6 is 0 Å². The maximum Gasteiger partial charge on any atom is 0.310 e. The standard InChI is InChI=1S/C23H30O6/c1-13-7-8-16(25)18(21(13,4)5)19(20(27)28-6)22-11-14(2)23(12-22,29-15(3)24)10-9-17(22)26/h7-8,13,18-19H,2,9-12H2,1,3-6H3/t13-,18+,19+,22-,23-/m0/s1. The molecule has 3 aliphatic rings. The van der Waals surface area contributed by atoms with Crippen LogP contribution in [0.4, 0.5) is 0 Å². The second-order valence-corrected chi connectivity index (χ2v) is 9.47. The van der Waals surface area contributed by atoms with Gasteiger partial charge in [0, 0.05) is 25.7 Å². The fraction of sp³-hybridized carbons (Fsp3) is 0.652. The predicted octanol–water partition coefficient (Wildman–Crippen LogP) is 3.19. The van der Waals surface area contributed by atoms with Gasteiger partial charge in [0.2, 0.25) is 0 Å². The number of carbonyl (C=O) groups is 4. The molecule has 0 aliphatic heterocycles. The molecule has 29 heavy (non-hydrogen) atoms. The second kappa shape index (κ2) is 6.92. The number of allylic oxidation sites excluding steroid dienone is 2. The van der Waals surface area contributed by atoms with Crippen molar-refractivity contribution in [1.29, 1.82) is 0 Å². The SMILES string of the molecule is C=C1C[C@]2([C@@H](C(=O)OC)[C@H]3C(=O)C=C[C@H](C)C3(C)C)C[C@@]1(OC(C)=O)CCC2=O. The van der Waals surface area contributed by atoms with Gasteiger partial charge in [-0.3, -0.25) is 19.2 Å². The van der Waals surface area contributed by atoms with Crippen LogP contribution in [-0.4, -0.2) is 36.2 Å². The Kier molecular flexibility index (Phi) is 5.13. The number of ether oxygens (including phenoxy) is 2. The molecule has 0 aromatic rings. The lowest BCUT2D eigenvalue weighted by atomic mass is 9.53. The number of rotatable bonds is 4. The smallest absolute Gasteiger partial charge is 0.310 e. The molecule has 2 saturated carbocycles. The minimum absolute atomic E-state index is 0.0373. The molecule has 2 fully saturated rings. The van der Waals surface area contributed by atoms with E-state index in [-0.39, 0.29) is 36.7 Å². The average molecular weight is 402 g/mol. The predicted molar refractivity (Wildman–Crippen MR) is 106 cm³/mol. The Balaban J connectivity index is 2.17. The molecule has 2 bridgehead atoms. The van der Waals surface area contributed by atoms with E-state index in [0.29, 0.717) is 12.0 Å². The minimum Gasteiger partial charge on any atom is -0.469 e. The number of esters is 2. The van der Waals surface area contributed by atoms with Crippen LogP contribution < -0.4 is 0 Å². The summed E-state index contributed by atoms with van der Waals surface area (Å²) in [7, 11) is 1.28. The quantitative estimate of drug-likeness (QED) is 0.530. The Morgan fingerprint density at radius 3 is 2.52 bits per heavy atom. The topological polar surface area (TPSA) is 86.7 Å². The highest BCUT2D eigenvalue weighted by atomic mass is 16.6. The molecule has 6 nitrogen and oxygen atoms in total. The molecule has 3 rings (SSSR count). The van der Waals surface area contributed by atoms with E-state index >= 15 is 0 Å². The van der Waals surface area contributed by atoms with E-state index in [4.69, 9.17) is 9.47 Å². The van der Waals surface area contributed by atoms with Crippen LogP contribution in [0.25, 0.3) is 0 Å². The number of hydrogen-bond acceptors (Lipinski definition) is 6. The van der Waals surface area contributed by atoms with E-state index in [2.05, 4.69) is 6.58 Å². The molecular formula is C23H30O6. The van der Waals surface area contributed by atoms with Crippen LogP contribution in [0.1, 0.15) is 53.4 Å². The molecule has 0 radical (unpaired) electrons.